The van der Waals surface area contributed by atoms with Crippen molar-refractivity contribution in [1.82, 2.24) is 9.13 Å². The van der Waals surface area contributed by atoms with E-state index in [4.69, 9.17) is 4.74 Å². The zero-order valence-corrected chi connectivity index (χ0v) is 10.9. The number of aliphatic hydroxyl groups is 3. The Morgan fingerprint density at radius 3 is 2.35 bits per heavy atom. The zero-order valence-electron chi connectivity index (χ0n) is 10.9. The van der Waals surface area contributed by atoms with Crippen LogP contribution in [0.25, 0.3) is 0 Å². The summed E-state index contributed by atoms with van der Waals surface area (Å²) in [6, 6.07) is 0. The molecule has 0 aromatic carbocycles. The third-order valence-electron chi connectivity index (χ3n) is 3.43. The first-order valence-corrected chi connectivity index (χ1v) is 5.90. The Morgan fingerprint density at radius 1 is 1.15 bits per heavy atom. The second-order valence-corrected chi connectivity index (χ2v) is 4.73. The largest absolute Gasteiger partial charge is 0.860 e. The lowest BCUT2D eigenvalue weighted by molar-refractivity contribution is -0.284. The van der Waals surface area contributed by atoms with Crippen LogP contribution in [0.3, 0.4) is 0 Å². The molecule has 112 valence electrons. The van der Waals surface area contributed by atoms with Crippen LogP contribution in [-0.4, -0.2) is 49.4 Å². The molecule has 0 bridgehead atoms. The molecule has 1 aromatic heterocycles. The van der Waals surface area contributed by atoms with Gasteiger partial charge >= 0.3 is 5.69 Å². The Kier molecular flexibility index (Phi) is 3.69. The van der Waals surface area contributed by atoms with Gasteiger partial charge in [0.25, 0.3) is 5.56 Å². The molecule has 1 aliphatic rings. The van der Waals surface area contributed by atoms with Crippen molar-refractivity contribution >= 4 is 0 Å². The molecular weight excluding hydrogens is 272 g/mol. The number of aliphatic hydroxyl groups excluding tert-OH is 3. The summed E-state index contributed by atoms with van der Waals surface area (Å²) in [7, 11) is 2.38. The topological polar surface area (TPSA) is 137 Å². The van der Waals surface area contributed by atoms with Gasteiger partial charge in [-0.1, -0.05) is 0 Å². The maximum atomic E-state index is 12.0. The fourth-order valence-electron chi connectivity index (χ4n) is 2.16. The first-order chi connectivity index (χ1) is 9.27. The maximum Gasteiger partial charge on any atom is 0.329 e. The SMILES string of the molecule is Cn1c([O-])c(C2OC[C@@H](O)[C@H](O)[C@H]2O)c(=O)n(C)c1=O. The van der Waals surface area contributed by atoms with Gasteiger partial charge in [-0.2, -0.15) is 0 Å². The van der Waals surface area contributed by atoms with E-state index in [9.17, 15) is 30.0 Å². The smallest absolute Gasteiger partial charge is 0.329 e. The summed E-state index contributed by atoms with van der Waals surface area (Å²) in [6.45, 7) is -0.339. The molecule has 1 unspecified atom stereocenters. The van der Waals surface area contributed by atoms with E-state index in [1.807, 2.05) is 0 Å². The molecule has 3 N–H and O–H groups in total. The predicted octanol–water partition coefficient (Wildman–Crippen LogP) is -3.69. The Balaban J connectivity index is 2.60. The molecule has 4 atom stereocenters. The van der Waals surface area contributed by atoms with Crippen LogP contribution in [0.15, 0.2) is 9.59 Å². The van der Waals surface area contributed by atoms with Gasteiger partial charge in [0.05, 0.1) is 12.2 Å². The van der Waals surface area contributed by atoms with Crippen molar-refractivity contribution in [2.75, 3.05) is 6.61 Å². The lowest BCUT2D eigenvalue weighted by Crippen LogP contribution is -2.51. The minimum absolute atomic E-state index is 0.339. The summed E-state index contributed by atoms with van der Waals surface area (Å²) in [4.78, 5) is 23.6. The summed E-state index contributed by atoms with van der Waals surface area (Å²) in [5.41, 5.74) is -2.14. The van der Waals surface area contributed by atoms with Crippen molar-refractivity contribution in [3.8, 4) is 5.88 Å². The van der Waals surface area contributed by atoms with Crippen molar-refractivity contribution in [2.24, 2.45) is 14.1 Å². The minimum Gasteiger partial charge on any atom is -0.860 e. The second kappa shape index (κ2) is 5.02. The summed E-state index contributed by atoms with van der Waals surface area (Å²) >= 11 is 0. The monoisotopic (exact) mass is 287 g/mol. The lowest BCUT2D eigenvalue weighted by Gasteiger charge is -2.36. The molecule has 0 spiro atoms. The van der Waals surface area contributed by atoms with Crippen LogP contribution < -0.4 is 16.4 Å². The Labute approximate surface area is 112 Å². The van der Waals surface area contributed by atoms with Crippen molar-refractivity contribution in [3.63, 3.8) is 0 Å². The van der Waals surface area contributed by atoms with E-state index in [2.05, 4.69) is 0 Å². The number of aromatic nitrogens is 2. The van der Waals surface area contributed by atoms with Gasteiger partial charge in [-0.05, 0) is 5.88 Å². The van der Waals surface area contributed by atoms with E-state index < -0.39 is 47.1 Å². The molecule has 1 aromatic rings. The summed E-state index contributed by atoms with van der Waals surface area (Å²) in [5, 5.41) is 40.8. The number of hydrogen-bond acceptors (Lipinski definition) is 7. The van der Waals surface area contributed by atoms with Gasteiger partial charge in [0, 0.05) is 14.1 Å². The van der Waals surface area contributed by atoms with Gasteiger partial charge in [0.2, 0.25) is 0 Å². The molecule has 1 aliphatic heterocycles. The Bertz CT molecular complexity index is 635. The average molecular weight is 287 g/mol. The molecule has 0 saturated carbocycles. The predicted molar refractivity (Wildman–Crippen MR) is 63.1 cm³/mol. The molecule has 20 heavy (non-hydrogen) atoms. The Hall–Kier alpha value is -1.68. The summed E-state index contributed by atoms with van der Waals surface area (Å²) < 4.78 is 6.51. The normalized spacial score (nSPS) is 30.4. The average Bonchev–Trinajstić information content (AvgIpc) is 2.43. The van der Waals surface area contributed by atoms with Gasteiger partial charge in [0.15, 0.2) is 0 Å². The molecule has 9 nitrogen and oxygen atoms in total. The maximum absolute atomic E-state index is 12.0. The molecule has 9 heteroatoms. The number of hydrogen-bond donors (Lipinski definition) is 3. The molecule has 2 heterocycles. The van der Waals surface area contributed by atoms with Crippen molar-refractivity contribution < 1.29 is 25.2 Å². The van der Waals surface area contributed by atoms with Crippen LogP contribution in [0, 0.1) is 0 Å². The van der Waals surface area contributed by atoms with E-state index >= 15 is 0 Å². The highest BCUT2D eigenvalue weighted by Gasteiger charge is 2.40. The first-order valence-electron chi connectivity index (χ1n) is 5.90. The van der Waals surface area contributed by atoms with Crippen LogP contribution in [0.4, 0.5) is 0 Å². The van der Waals surface area contributed by atoms with Gasteiger partial charge in [-0.3, -0.25) is 9.36 Å². The fraction of sp³-hybridized carbons (Fsp3) is 0.636. The van der Waals surface area contributed by atoms with E-state index in [1.54, 1.807) is 0 Å². The first kappa shape index (κ1) is 14.7. The van der Waals surface area contributed by atoms with Crippen molar-refractivity contribution in [3.05, 3.63) is 26.4 Å². The lowest BCUT2D eigenvalue weighted by atomic mass is 9.96. The number of nitrogens with zero attached hydrogens (tertiary/aromatic N) is 2. The van der Waals surface area contributed by atoms with Crippen molar-refractivity contribution in [1.29, 1.82) is 0 Å². The van der Waals surface area contributed by atoms with Gasteiger partial charge in [-0.25, -0.2) is 4.79 Å². The third-order valence-corrected chi connectivity index (χ3v) is 3.43. The zero-order chi connectivity index (χ0) is 15.2. The van der Waals surface area contributed by atoms with Crippen LogP contribution in [-0.2, 0) is 18.8 Å². The van der Waals surface area contributed by atoms with Crippen LogP contribution >= 0.6 is 0 Å². The van der Waals surface area contributed by atoms with Gasteiger partial charge in [-0.15, -0.1) is 0 Å². The van der Waals surface area contributed by atoms with Crippen molar-refractivity contribution in [2.45, 2.75) is 24.4 Å². The van der Waals surface area contributed by atoms with E-state index in [1.165, 1.54) is 14.1 Å². The molecule has 1 fully saturated rings. The third kappa shape index (κ3) is 2.04. The van der Waals surface area contributed by atoms with E-state index in [0.717, 1.165) is 0 Å². The minimum atomic E-state index is -1.64. The highest BCUT2D eigenvalue weighted by molar-refractivity contribution is 5.26. The van der Waals surface area contributed by atoms with Gasteiger partial charge in [0.1, 0.15) is 24.4 Å². The molecule has 1 saturated heterocycles. The van der Waals surface area contributed by atoms with Crippen LogP contribution in [0.5, 0.6) is 5.88 Å². The second-order valence-electron chi connectivity index (χ2n) is 4.73. The van der Waals surface area contributed by atoms with Gasteiger partial charge < -0.3 is 29.7 Å². The molecule has 0 radical (unpaired) electrons. The summed E-state index contributed by atoms with van der Waals surface area (Å²) in [5.74, 6) is -0.897. The van der Waals surface area contributed by atoms with E-state index in [0.29, 0.717) is 9.13 Å². The van der Waals surface area contributed by atoms with Crippen LogP contribution in [0.2, 0.25) is 0 Å². The van der Waals surface area contributed by atoms with E-state index in [-0.39, 0.29) is 6.61 Å². The Morgan fingerprint density at radius 2 is 1.75 bits per heavy atom. The highest BCUT2D eigenvalue weighted by atomic mass is 16.5. The summed E-state index contributed by atoms with van der Waals surface area (Å²) in [6.07, 6.45) is -5.90. The van der Waals surface area contributed by atoms with Crippen LogP contribution in [0.1, 0.15) is 11.7 Å². The number of ether oxygens (including phenoxy) is 1. The standard InChI is InChI=1S/C11H16N2O7/c1-12-9(17)5(10(18)13(2)11(12)19)8-7(16)6(15)4(14)3-20-8/h4,6-8,14-17H,3H2,1-2H3/p-1/t4-,6+,7-,8?/m1/s1. The fourth-order valence-corrected chi connectivity index (χ4v) is 2.16. The molecule has 0 amide bonds. The highest BCUT2D eigenvalue weighted by Crippen LogP contribution is 2.29. The quantitative estimate of drug-likeness (QED) is 0.483. The molecular formula is C11H15N2O7-. The molecule has 0 aliphatic carbocycles. The number of rotatable bonds is 1. The molecule has 2 rings (SSSR count).